The number of anilines is 2. The molecular formula is C26H35FN10O13P2S. The minimum Gasteiger partial charge on any atom is -0.432 e. The van der Waals surface area contributed by atoms with Crippen LogP contribution in [0.1, 0.15) is 39.1 Å². The van der Waals surface area contributed by atoms with Gasteiger partial charge in [0.2, 0.25) is 5.95 Å². The number of fused-ring (bicyclic) bond motifs is 2. The van der Waals surface area contributed by atoms with E-state index in [0.29, 0.717) is 11.4 Å². The van der Waals surface area contributed by atoms with Crippen molar-refractivity contribution in [3.63, 3.8) is 0 Å². The Labute approximate surface area is 301 Å². The molecule has 2 unspecified atom stereocenters. The third kappa shape index (κ3) is 8.96. The van der Waals surface area contributed by atoms with E-state index in [0.717, 1.165) is 0 Å². The Bertz CT molecular complexity index is 2110. The molecule has 0 saturated carbocycles. The van der Waals surface area contributed by atoms with Gasteiger partial charge in [0.15, 0.2) is 41.0 Å². The van der Waals surface area contributed by atoms with Crippen LogP contribution < -0.4 is 17.0 Å². The first kappa shape index (κ1) is 38.9. The van der Waals surface area contributed by atoms with E-state index in [1.807, 2.05) is 0 Å². The Balaban J connectivity index is 1.24. The van der Waals surface area contributed by atoms with Crippen LogP contribution in [0.5, 0.6) is 0 Å². The highest BCUT2D eigenvalue weighted by molar-refractivity contribution is 8.55. The fourth-order valence-electron chi connectivity index (χ4n) is 5.45. The number of carbonyl (C=O) groups excluding carboxylic acids is 1. The van der Waals surface area contributed by atoms with Gasteiger partial charge in [-0.1, -0.05) is 0 Å². The minimum atomic E-state index is -4.45. The van der Waals surface area contributed by atoms with Crippen molar-refractivity contribution in [3.05, 3.63) is 29.3 Å². The lowest BCUT2D eigenvalue weighted by Crippen LogP contribution is -2.23. The number of nitrogen functional groups attached to an aromatic ring is 2. The highest BCUT2D eigenvalue weighted by atomic mass is 32.7. The van der Waals surface area contributed by atoms with Crippen LogP contribution in [0.4, 0.5) is 21.0 Å². The molecule has 23 nitrogen and oxygen atoms in total. The average molecular weight is 809 g/mol. The van der Waals surface area contributed by atoms with Gasteiger partial charge in [-0.2, -0.15) is 4.98 Å². The van der Waals surface area contributed by atoms with Gasteiger partial charge in [-0.25, -0.2) is 33.7 Å². The van der Waals surface area contributed by atoms with Crippen molar-refractivity contribution < 1.29 is 60.8 Å². The molecular weight excluding hydrogens is 773 g/mol. The third-order valence-corrected chi connectivity index (χ3v) is 12.0. The first-order chi connectivity index (χ1) is 25.1. The summed E-state index contributed by atoms with van der Waals surface area (Å²) in [5.74, 6) is -0.742. The Morgan fingerprint density at radius 2 is 1.74 bits per heavy atom. The number of rotatable bonds is 15. The molecule has 2 aliphatic heterocycles. The maximum absolute atomic E-state index is 15.4. The summed E-state index contributed by atoms with van der Waals surface area (Å²) in [4.78, 5) is 57.0. The average Bonchev–Trinajstić information content (AvgIpc) is 3.88. The van der Waals surface area contributed by atoms with E-state index in [2.05, 4.69) is 29.9 Å². The molecule has 2 fully saturated rings. The Morgan fingerprint density at radius 3 is 2.47 bits per heavy atom. The first-order valence-electron chi connectivity index (χ1n) is 15.7. The van der Waals surface area contributed by atoms with Crippen LogP contribution in [0.3, 0.4) is 0 Å². The topological polar surface area (TPSA) is 315 Å². The summed E-state index contributed by atoms with van der Waals surface area (Å²) < 4.78 is 83.3. The number of ether oxygens (including phenoxy) is 4. The smallest absolute Gasteiger partial charge is 0.432 e. The lowest BCUT2D eigenvalue weighted by Gasteiger charge is -2.26. The van der Waals surface area contributed by atoms with Gasteiger partial charge in [-0.3, -0.25) is 32.5 Å². The normalized spacial score (nSPS) is 25.5. The number of imidazole rings is 2. The van der Waals surface area contributed by atoms with Gasteiger partial charge in [0.05, 0.1) is 44.2 Å². The van der Waals surface area contributed by atoms with Crippen LogP contribution >= 0.6 is 25.8 Å². The van der Waals surface area contributed by atoms with E-state index >= 15 is 4.39 Å². The zero-order valence-electron chi connectivity index (χ0n) is 27.9. The molecule has 0 amide bonds. The van der Waals surface area contributed by atoms with Crippen LogP contribution in [-0.4, -0.2) is 111 Å². The summed E-state index contributed by atoms with van der Waals surface area (Å²) in [6.45, 7) is -2.25. The lowest BCUT2D eigenvalue weighted by molar-refractivity contribution is -0.0476. The molecule has 6 rings (SSSR count). The molecule has 4 aromatic heterocycles. The number of carbonyl (C=O) groups is 1. The number of nitrogens with two attached hydrogens (primary N) is 2. The summed E-state index contributed by atoms with van der Waals surface area (Å²) in [6, 6.07) is 0. The highest BCUT2D eigenvalue weighted by Gasteiger charge is 2.46. The number of nitrogens with one attached hydrogen (secondary N) is 1. The fraction of sp³-hybridized carbons (Fsp3) is 0.577. The zero-order valence-corrected chi connectivity index (χ0v) is 30.5. The number of alkyl halides is 1. The standard InChI is InChI=1S/C26H35FN10O13P2S/c1-12(2)47-26(40)44-11-53-52(43,46-6-13-3-15(27)23(48-13)36-8-32-17-19(28)30-7-31-20(17)36)50-16-4-14(5-45-51(41,42)10-38)49-24(16)37-9-33-18-21(37)34-25(29)35-22(18)39/h7-9,12-16,23-24,38H,3-6,10-11H2,1-2H3,(H,41,42)(H2,28,30,31)(H3,29,34,35,39)/t13-,14-,15+,16+,23+,24+,52?/m0/s1. The molecule has 53 heavy (non-hydrogen) atoms. The molecule has 0 radical (unpaired) electrons. The molecule has 0 aromatic carbocycles. The van der Waals surface area contributed by atoms with E-state index in [9.17, 15) is 28.7 Å². The number of H-pyrrole nitrogens is 1. The van der Waals surface area contributed by atoms with Gasteiger partial charge < -0.3 is 44.9 Å². The fourth-order valence-corrected chi connectivity index (χ4v) is 8.74. The van der Waals surface area contributed by atoms with Gasteiger partial charge >= 0.3 is 20.5 Å². The van der Waals surface area contributed by atoms with E-state index in [-0.39, 0.29) is 46.9 Å². The van der Waals surface area contributed by atoms with Crippen molar-refractivity contribution in [2.24, 2.45) is 0 Å². The van der Waals surface area contributed by atoms with Gasteiger partial charge in [0.25, 0.3) is 5.56 Å². The van der Waals surface area contributed by atoms with Gasteiger partial charge in [-0.05, 0) is 13.8 Å². The van der Waals surface area contributed by atoms with Crippen molar-refractivity contribution in [1.82, 2.24) is 39.0 Å². The van der Waals surface area contributed by atoms with E-state index < -0.39 is 94.7 Å². The Kier molecular flexibility index (Phi) is 11.7. The summed E-state index contributed by atoms with van der Waals surface area (Å²) in [7, 11) is -4.39. The molecule has 2 aliphatic rings. The summed E-state index contributed by atoms with van der Waals surface area (Å²) in [5, 5.41) is 9.19. The van der Waals surface area contributed by atoms with E-state index in [1.54, 1.807) is 13.8 Å². The van der Waals surface area contributed by atoms with Gasteiger partial charge in [0, 0.05) is 24.2 Å². The highest BCUT2D eigenvalue weighted by Crippen LogP contribution is 2.63. The van der Waals surface area contributed by atoms with E-state index in [4.69, 9.17) is 44.0 Å². The number of halogens is 1. The van der Waals surface area contributed by atoms with Crippen LogP contribution in [0.2, 0.25) is 0 Å². The number of aliphatic hydroxyl groups is 1. The zero-order chi connectivity index (χ0) is 38.1. The molecule has 290 valence electrons. The van der Waals surface area contributed by atoms with Gasteiger partial charge in [-0.15, -0.1) is 0 Å². The number of hydrogen-bond donors (Lipinski definition) is 5. The SMILES string of the molecule is CC(C)OC(=O)OCSP(=O)(OC[C@@H]1C[C@@H](F)[C@H](n2cnc3c(N)ncnc32)O1)O[C@@H]1C[C@@H](COP(=O)(O)CO)O[C@H]1n1cnc2c(=O)[nH]c(N)nc21. The molecule has 7 N–H and O–H groups in total. The monoisotopic (exact) mass is 808 g/mol. The number of aromatic nitrogens is 8. The summed E-state index contributed by atoms with van der Waals surface area (Å²) >= 11 is 0.455. The van der Waals surface area contributed by atoms with Crippen molar-refractivity contribution in [2.75, 3.05) is 37.0 Å². The van der Waals surface area contributed by atoms with Crippen LogP contribution in [0.25, 0.3) is 22.3 Å². The predicted octanol–water partition coefficient (Wildman–Crippen LogP) is 1.95. The van der Waals surface area contributed by atoms with Crippen molar-refractivity contribution >= 4 is 66.0 Å². The second kappa shape index (κ2) is 15.9. The largest absolute Gasteiger partial charge is 0.509 e. The number of hydrogen-bond acceptors (Lipinski definition) is 20. The molecule has 6 heterocycles. The molecule has 27 heteroatoms. The summed E-state index contributed by atoms with van der Waals surface area (Å²) in [5.41, 5.74) is 11.3. The van der Waals surface area contributed by atoms with Crippen LogP contribution in [0, 0.1) is 0 Å². The second-order valence-corrected chi connectivity index (χ2v) is 17.7. The first-order valence-corrected chi connectivity index (χ1v) is 20.6. The van der Waals surface area contributed by atoms with Crippen LogP contribution in [0.15, 0.2) is 23.8 Å². The third-order valence-electron chi connectivity index (χ3n) is 7.70. The van der Waals surface area contributed by atoms with Crippen molar-refractivity contribution in [2.45, 2.75) is 69.7 Å². The van der Waals surface area contributed by atoms with Crippen molar-refractivity contribution in [3.8, 4) is 0 Å². The number of aromatic amines is 1. The quantitative estimate of drug-likeness (QED) is 0.0651. The molecule has 0 bridgehead atoms. The number of nitrogens with zero attached hydrogens (tertiary/aromatic N) is 7. The lowest BCUT2D eigenvalue weighted by atomic mass is 10.2. The molecule has 0 spiro atoms. The Hall–Kier alpha value is -3.77. The van der Waals surface area contributed by atoms with Crippen LogP contribution in [-0.2, 0) is 41.6 Å². The number of aliphatic hydroxyl groups excluding tert-OH is 1. The molecule has 0 aliphatic carbocycles. The minimum absolute atomic E-state index is 0.0452. The molecule has 4 aromatic rings. The van der Waals surface area contributed by atoms with E-state index in [1.165, 1.54) is 28.1 Å². The maximum atomic E-state index is 15.4. The van der Waals surface area contributed by atoms with Crippen molar-refractivity contribution in [1.29, 1.82) is 0 Å². The molecule has 2 saturated heterocycles. The maximum Gasteiger partial charge on any atom is 0.509 e. The Morgan fingerprint density at radius 1 is 1.06 bits per heavy atom. The summed E-state index contributed by atoms with van der Waals surface area (Å²) in [6.07, 6.45) is -6.68. The second-order valence-electron chi connectivity index (χ2n) is 11.9. The molecule has 8 atom stereocenters. The predicted molar refractivity (Wildman–Crippen MR) is 181 cm³/mol. The van der Waals surface area contributed by atoms with Gasteiger partial charge in [0.1, 0.15) is 30.5 Å².